The van der Waals surface area contributed by atoms with E-state index in [9.17, 15) is 4.79 Å². The summed E-state index contributed by atoms with van der Waals surface area (Å²) in [5.74, 6) is -0.0862. The maximum atomic E-state index is 11.8. The summed E-state index contributed by atoms with van der Waals surface area (Å²) >= 11 is 0. The summed E-state index contributed by atoms with van der Waals surface area (Å²) in [5.41, 5.74) is -0.433. The van der Waals surface area contributed by atoms with Crippen LogP contribution in [0.2, 0.25) is 0 Å². The highest BCUT2D eigenvalue weighted by Gasteiger charge is 2.40. The molecule has 1 aliphatic rings. The molecule has 0 amide bonds. The third kappa shape index (κ3) is 2.47. The molecule has 3 nitrogen and oxygen atoms in total. The van der Waals surface area contributed by atoms with E-state index in [0.29, 0.717) is 12.6 Å². The number of ether oxygens (including phenoxy) is 1. The van der Waals surface area contributed by atoms with Crippen molar-refractivity contribution in [1.29, 1.82) is 0 Å². The van der Waals surface area contributed by atoms with Gasteiger partial charge in [0.15, 0.2) is 0 Å². The van der Waals surface area contributed by atoms with Crippen molar-refractivity contribution < 1.29 is 9.53 Å². The standard InChI is InChI=1S/C11H21NO2/c1-4-11(5-2,10(13)14-6-3)12-9-7-8-9/h9,12H,4-8H2,1-3H3. The first-order chi connectivity index (χ1) is 6.68. The minimum Gasteiger partial charge on any atom is -0.465 e. The topological polar surface area (TPSA) is 38.3 Å². The molecule has 3 heteroatoms. The van der Waals surface area contributed by atoms with Crippen molar-refractivity contribution in [3.8, 4) is 0 Å². The molecule has 1 N–H and O–H groups in total. The van der Waals surface area contributed by atoms with Gasteiger partial charge in [0.1, 0.15) is 5.54 Å². The van der Waals surface area contributed by atoms with Crippen LogP contribution in [0.4, 0.5) is 0 Å². The van der Waals surface area contributed by atoms with E-state index < -0.39 is 5.54 Å². The van der Waals surface area contributed by atoms with Crippen molar-refractivity contribution in [3.05, 3.63) is 0 Å². The highest BCUT2D eigenvalue weighted by molar-refractivity contribution is 5.80. The molecule has 0 saturated heterocycles. The Morgan fingerprint density at radius 2 is 1.93 bits per heavy atom. The molecule has 1 fully saturated rings. The van der Waals surface area contributed by atoms with Crippen LogP contribution in [0.15, 0.2) is 0 Å². The molecule has 0 spiro atoms. The Labute approximate surface area is 86.2 Å². The summed E-state index contributed by atoms with van der Waals surface area (Å²) in [5, 5.41) is 3.41. The highest BCUT2D eigenvalue weighted by Crippen LogP contribution is 2.26. The monoisotopic (exact) mass is 199 g/mol. The maximum Gasteiger partial charge on any atom is 0.326 e. The lowest BCUT2D eigenvalue weighted by atomic mass is 9.92. The first-order valence-electron chi connectivity index (χ1n) is 5.63. The van der Waals surface area contributed by atoms with E-state index in [1.165, 1.54) is 12.8 Å². The Bertz CT molecular complexity index is 195. The molecule has 0 unspecified atom stereocenters. The van der Waals surface area contributed by atoms with Crippen LogP contribution in [0.3, 0.4) is 0 Å². The fourth-order valence-electron chi connectivity index (χ4n) is 1.69. The molecule has 0 bridgehead atoms. The van der Waals surface area contributed by atoms with Crippen molar-refractivity contribution in [2.24, 2.45) is 0 Å². The number of hydrogen-bond acceptors (Lipinski definition) is 3. The van der Waals surface area contributed by atoms with Gasteiger partial charge < -0.3 is 4.74 Å². The molecule has 0 atom stereocenters. The number of carbonyl (C=O) groups excluding carboxylic acids is 1. The first kappa shape index (κ1) is 11.5. The van der Waals surface area contributed by atoms with Gasteiger partial charge in [-0.3, -0.25) is 10.1 Å². The molecule has 1 aliphatic carbocycles. The van der Waals surface area contributed by atoms with Gasteiger partial charge in [-0.1, -0.05) is 13.8 Å². The Kier molecular flexibility index (Phi) is 3.93. The van der Waals surface area contributed by atoms with E-state index in [-0.39, 0.29) is 5.97 Å². The second-order valence-electron chi connectivity index (χ2n) is 3.93. The normalized spacial score (nSPS) is 16.8. The molecular formula is C11H21NO2. The van der Waals surface area contributed by atoms with Gasteiger partial charge in [0.05, 0.1) is 6.61 Å². The smallest absolute Gasteiger partial charge is 0.326 e. The predicted octanol–water partition coefficient (Wildman–Crippen LogP) is 1.86. The molecule has 0 radical (unpaired) electrons. The van der Waals surface area contributed by atoms with E-state index in [4.69, 9.17) is 4.74 Å². The third-order valence-electron chi connectivity index (χ3n) is 2.93. The third-order valence-corrected chi connectivity index (χ3v) is 2.93. The highest BCUT2D eigenvalue weighted by atomic mass is 16.5. The van der Waals surface area contributed by atoms with Crippen molar-refractivity contribution in [3.63, 3.8) is 0 Å². The summed E-state index contributed by atoms with van der Waals surface area (Å²) in [6, 6.07) is 0.541. The zero-order chi connectivity index (χ0) is 10.6. The summed E-state index contributed by atoms with van der Waals surface area (Å²) in [7, 11) is 0. The van der Waals surface area contributed by atoms with Gasteiger partial charge in [-0.15, -0.1) is 0 Å². The number of rotatable bonds is 6. The van der Waals surface area contributed by atoms with Crippen molar-refractivity contribution in [1.82, 2.24) is 5.32 Å². The number of hydrogen-bond donors (Lipinski definition) is 1. The molecule has 14 heavy (non-hydrogen) atoms. The second-order valence-corrected chi connectivity index (χ2v) is 3.93. The van der Waals surface area contributed by atoms with Crippen molar-refractivity contribution in [2.75, 3.05) is 6.61 Å². The SMILES string of the molecule is CCOC(=O)C(CC)(CC)NC1CC1. The fourth-order valence-corrected chi connectivity index (χ4v) is 1.69. The van der Waals surface area contributed by atoms with Gasteiger partial charge in [-0.2, -0.15) is 0 Å². The van der Waals surface area contributed by atoms with Crippen LogP contribution >= 0.6 is 0 Å². The molecule has 1 rings (SSSR count). The van der Waals surface area contributed by atoms with E-state index in [1.54, 1.807) is 0 Å². The Hall–Kier alpha value is -0.570. The van der Waals surface area contributed by atoms with Crippen molar-refractivity contribution >= 4 is 5.97 Å². The lowest BCUT2D eigenvalue weighted by Crippen LogP contribution is -2.53. The molecule has 0 aromatic heterocycles. The Balaban J connectivity index is 2.61. The minimum atomic E-state index is -0.433. The van der Waals surface area contributed by atoms with Crippen LogP contribution in [0.1, 0.15) is 46.5 Å². The molecule has 1 saturated carbocycles. The summed E-state index contributed by atoms with van der Waals surface area (Å²) in [6.07, 6.45) is 4.00. The lowest BCUT2D eigenvalue weighted by molar-refractivity contribution is -0.151. The summed E-state index contributed by atoms with van der Waals surface area (Å²) in [4.78, 5) is 11.8. The Morgan fingerprint density at radius 3 is 2.29 bits per heavy atom. The average molecular weight is 199 g/mol. The van der Waals surface area contributed by atoms with Crippen LogP contribution in [-0.4, -0.2) is 24.2 Å². The van der Waals surface area contributed by atoms with Crippen LogP contribution in [-0.2, 0) is 9.53 Å². The van der Waals surface area contributed by atoms with E-state index >= 15 is 0 Å². The zero-order valence-corrected chi connectivity index (χ0v) is 9.43. The summed E-state index contributed by atoms with van der Waals surface area (Å²) in [6.45, 7) is 6.39. The van der Waals surface area contributed by atoms with Crippen LogP contribution in [0.5, 0.6) is 0 Å². The van der Waals surface area contributed by atoms with Gasteiger partial charge in [-0.05, 0) is 32.6 Å². The molecule has 0 heterocycles. The van der Waals surface area contributed by atoms with E-state index in [0.717, 1.165) is 12.8 Å². The van der Waals surface area contributed by atoms with Gasteiger partial charge >= 0.3 is 5.97 Å². The molecular weight excluding hydrogens is 178 g/mol. The number of nitrogens with one attached hydrogen (secondary N) is 1. The van der Waals surface area contributed by atoms with Crippen LogP contribution < -0.4 is 5.32 Å². The number of carbonyl (C=O) groups is 1. The Morgan fingerprint density at radius 1 is 1.36 bits per heavy atom. The van der Waals surface area contributed by atoms with Gasteiger partial charge in [0.2, 0.25) is 0 Å². The summed E-state index contributed by atoms with van der Waals surface area (Å²) < 4.78 is 5.12. The van der Waals surface area contributed by atoms with Crippen molar-refractivity contribution in [2.45, 2.75) is 58.0 Å². The number of esters is 1. The maximum absolute atomic E-state index is 11.8. The average Bonchev–Trinajstić information content (AvgIpc) is 2.98. The van der Waals surface area contributed by atoms with E-state index in [2.05, 4.69) is 5.32 Å². The van der Waals surface area contributed by atoms with Crippen LogP contribution in [0.25, 0.3) is 0 Å². The minimum absolute atomic E-state index is 0.0862. The first-order valence-corrected chi connectivity index (χ1v) is 5.63. The second kappa shape index (κ2) is 4.78. The molecule has 0 aromatic carbocycles. The zero-order valence-electron chi connectivity index (χ0n) is 9.43. The fraction of sp³-hybridized carbons (Fsp3) is 0.909. The molecule has 0 aliphatic heterocycles. The molecule has 0 aromatic rings. The predicted molar refractivity (Wildman–Crippen MR) is 56.1 cm³/mol. The largest absolute Gasteiger partial charge is 0.465 e. The lowest BCUT2D eigenvalue weighted by Gasteiger charge is -2.30. The quantitative estimate of drug-likeness (QED) is 0.664. The van der Waals surface area contributed by atoms with Gasteiger partial charge in [0, 0.05) is 6.04 Å². The van der Waals surface area contributed by atoms with Gasteiger partial charge in [-0.25, -0.2) is 0 Å². The molecule has 82 valence electrons. The van der Waals surface area contributed by atoms with Crippen LogP contribution in [0, 0.1) is 0 Å². The van der Waals surface area contributed by atoms with Gasteiger partial charge in [0.25, 0.3) is 0 Å². The van der Waals surface area contributed by atoms with E-state index in [1.807, 2.05) is 20.8 Å².